The van der Waals surface area contributed by atoms with Crippen LogP contribution in [0.5, 0.6) is 0 Å². The number of hydrogen-bond acceptors (Lipinski definition) is 6. The highest BCUT2D eigenvalue weighted by atomic mass is 16.4. The van der Waals surface area contributed by atoms with E-state index in [1.807, 2.05) is 19.9 Å². The van der Waals surface area contributed by atoms with Crippen LogP contribution in [-0.4, -0.2) is 28.9 Å². The van der Waals surface area contributed by atoms with Crippen molar-refractivity contribution in [1.82, 2.24) is 10.6 Å². The zero-order chi connectivity index (χ0) is 27.7. The molecule has 0 aliphatic heterocycles. The molecule has 2 aromatic carbocycles. The zero-order valence-corrected chi connectivity index (χ0v) is 21.9. The molecule has 0 aliphatic rings. The summed E-state index contributed by atoms with van der Waals surface area (Å²) in [7, 11) is 0. The lowest BCUT2D eigenvalue weighted by molar-refractivity contribution is -0.142. The number of carboxylic acids is 1. The van der Waals surface area contributed by atoms with Gasteiger partial charge in [-0.05, 0) is 49.4 Å². The Hall–Kier alpha value is -4.40. The van der Waals surface area contributed by atoms with Crippen LogP contribution >= 0.6 is 0 Å². The van der Waals surface area contributed by atoms with E-state index in [4.69, 9.17) is 8.83 Å². The molecule has 0 unspecified atom stereocenters. The summed E-state index contributed by atoms with van der Waals surface area (Å²) in [6.07, 6.45) is -0.302. The van der Waals surface area contributed by atoms with Crippen molar-refractivity contribution in [3.05, 3.63) is 80.9 Å². The van der Waals surface area contributed by atoms with Crippen LogP contribution in [0.4, 0.5) is 0 Å². The first-order valence-electron chi connectivity index (χ1n) is 12.3. The number of furan rings is 1. The van der Waals surface area contributed by atoms with Gasteiger partial charge in [0.05, 0.1) is 12.0 Å². The van der Waals surface area contributed by atoms with E-state index >= 15 is 0 Å². The number of fused-ring (bicyclic) bond motifs is 2. The molecule has 3 N–H and O–H groups in total. The minimum Gasteiger partial charge on any atom is -0.479 e. The molecule has 2 aromatic heterocycles. The van der Waals surface area contributed by atoms with Gasteiger partial charge in [-0.15, -0.1) is 0 Å². The van der Waals surface area contributed by atoms with Crippen molar-refractivity contribution in [3.63, 3.8) is 0 Å². The second-order valence-electron chi connectivity index (χ2n) is 9.78. The van der Waals surface area contributed by atoms with Gasteiger partial charge in [-0.2, -0.15) is 0 Å². The Labute approximate surface area is 218 Å². The highest BCUT2D eigenvalue weighted by molar-refractivity contribution is 5.97. The van der Waals surface area contributed by atoms with Crippen molar-refractivity contribution in [2.45, 2.75) is 53.1 Å². The summed E-state index contributed by atoms with van der Waals surface area (Å²) < 4.78 is 11.3. The largest absolute Gasteiger partial charge is 0.479 e. The van der Waals surface area contributed by atoms with Crippen molar-refractivity contribution < 1.29 is 28.3 Å². The Morgan fingerprint density at radius 1 is 0.895 bits per heavy atom. The number of carbonyl (C=O) groups is 3. The third kappa shape index (κ3) is 5.18. The predicted octanol–water partition coefficient (Wildman–Crippen LogP) is 4.09. The van der Waals surface area contributed by atoms with Crippen molar-refractivity contribution >= 4 is 39.7 Å². The van der Waals surface area contributed by atoms with Crippen molar-refractivity contribution in [2.75, 3.05) is 0 Å². The molecule has 4 aromatic rings. The third-order valence-electron chi connectivity index (χ3n) is 6.85. The lowest BCUT2D eigenvalue weighted by Crippen LogP contribution is -2.51. The van der Waals surface area contributed by atoms with E-state index in [9.17, 15) is 24.3 Å². The van der Waals surface area contributed by atoms with Crippen LogP contribution in [0, 0.1) is 26.7 Å². The maximum atomic E-state index is 13.0. The molecule has 4 rings (SSSR count). The van der Waals surface area contributed by atoms with Crippen LogP contribution in [0.15, 0.2) is 56.1 Å². The summed E-state index contributed by atoms with van der Waals surface area (Å²) in [5.41, 5.74) is 2.50. The molecule has 38 heavy (non-hydrogen) atoms. The van der Waals surface area contributed by atoms with E-state index < -0.39 is 35.5 Å². The van der Waals surface area contributed by atoms with Gasteiger partial charge in [0.1, 0.15) is 23.0 Å². The monoisotopic (exact) mass is 518 g/mol. The van der Waals surface area contributed by atoms with Gasteiger partial charge in [0.25, 0.3) is 0 Å². The van der Waals surface area contributed by atoms with Gasteiger partial charge in [-0.3, -0.25) is 9.59 Å². The number of carboxylic acid groups (broad SMARTS) is 1. The van der Waals surface area contributed by atoms with Crippen molar-refractivity contribution in [3.8, 4) is 0 Å². The number of hydrogen-bond donors (Lipinski definition) is 3. The second-order valence-corrected chi connectivity index (χ2v) is 9.78. The minimum atomic E-state index is -1.27. The van der Waals surface area contributed by atoms with Crippen LogP contribution in [0.2, 0.25) is 0 Å². The summed E-state index contributed by atoms with van der Waals surface area (Å²) in [6, 6.07) is 9.57. The van der Waals surface area contributed by atoms with Crippen LogP contribution in [-0.2, 0) is 20.8 Å². The van der Waals surface area contributed by atoms with E-state index in [1.54, 1.807) is 57.2 Å². The van der Waals surface area contributed by atoms with Crippen LogP contribution in [0.1, 0.15) is 47.9 Å². The van der Waals surface area contributed by atoms with E-state index in [1.165, 1.54) is 0 Å². The van der Waals surface area contributed by atoms with Gasteiger partial charge in [0.15, 0.2) is 6.04 Å². The Kier molecular flexibility index (Phi) is 7.39. The summed E-state index contributed by atoms with van der Waals surface area (Å²) in [5.74, 6) is -2.00. The lowest BCUT2D eigenvalue weighted by atomic mass is 9.99. The molecule has 0 radical (unpaired) electrons. The smallest absolute Gasteiger partial charge is 0.340 e. The number of nitrogens with one attached hydrogen (secondary N) is 2. The van der Waals surface area contributed by atoms with E-state index in [0.29, 0.717) is 27.7 Å². The van der Waals surface area contributed by atoms with Crippen LogP contribution in [0.3, 0.4) is 0 Å². The summed E-state index contributed by atoms with van der Waals surface area (Å²) in [5, 5.41) is 16.4. The van der Waals surface area contributed by atoms with Gasteiger partial charge < -0.3 is 24.6 Å². The molecule has 0 aliphatic carbocycles. The van der Waals surface area contributed by atoms with Gasteiger partial charge in [-0.1, -0.05) is 44.2 Å². The minimum absolute atomic E-state index is 0.183. The molecule has 0 fully saturated rings. The highest BCUT2D eigenvalue weighted by Gasteiger charge is 2.30. The van der Waals surface area contributed by atoms with E-state index in [0.717, 1.165) is 16.7 Å². The Morgan fingerprint density at radius 2 is 1.53 bits per heavy atom. The number of carbonyl (C=O) groups excluding carboxylic acids is 2. The van der Waals surface area contributed by atoms with Gasteiger partial charge in [0.2, 0.25) is 11.8 Å². The molecule has 2 heterocycles. The first kappa shape index (κ1) is 26.7. The number of amides is 2. The topological polar surface area (TPSA) is 139 Å². The molecule has 2 atom stereocenters. The molecule has 0 spiro atoms. The number of aryl methyl sites for hydroxylation is 3. The van der Waals surface area contributed by atoms with Crippen molar-refractivity contribution in [2.24, 2.45) is 5.92 Å². The third-order valence-corrected chi connectivity index (χ3v) is 6.85. The zero-order valence-electron chi connectivity index (χ0n) is 21.9. The Balaban J connectivity index is 1.57. The normalized spacial score (nSPS) is 13.0. The Morgan fingerprint density at radius 3 is 2.16 bits per heavy atom. The molecule has 9 nitrogen and oxygen atoms in total. The van der Waals surface area contributed by atoms with Gasteiger partial charge >= 0.3 is 11.6 Å². The fraction of sp³-hybridized carbons (Fsp3) is 0.310. The fourth-order valence-corrected chi connectivity index (χ4v) is 4.51. The second kappa shape index (κ2) is 10.5. The number of rotatable bonds is 8. The molecule has 0 bridgehead atoms. The molecule has 2 amide bonds. The van der Waals surface area contributed by atoms with Gasteiger partial charge in [0, 0.05) is 16.8 Å². The van der Waals surface area contributed by atoms with Gasteiger partial charge in [-0.25, -0.2) is 9.59 Å². The number of benzene rings is 2. The standard InChI is InChI=1S/C29H30N2O7/c1-14(2)25(27(33)31-26(28(34)35)18-9-7-6-8-10-18)30-24(32)12-21-16(4)20-11-19-15(3)17(5)37-22(19)13-23(20)38-29(21)36/h6-11,13-14,25-26H,12H2,1-5H3,(H,30,32)(H,31,33)(H,34,35)/t25-,26+/m0/s1. The average Bonchev–Trinajstić information content (AvgIpc) is 3.14. The molecule has 0 saturated heterocycles. The first-order chi connectivity index (χ1) is 18.0. The molecule has 198 valence electrons. The molecule has 9 heteroatoms. The van der Waals surface area contributed by atoms with Crippen LogP contribution < -0.4 is 16.3 Å². The Bertz CT molecular complexity index is 1600. The highest BCUT2D eigenvalue weighted by Crippen LogP contribution is 2.31. The average molecular weight is 519 g/mol. The van der Waals surface area contributed by atoms with E-state index in [-0.39, 0.29) is 17.9 Å². The summed E-state index contributed by atoms with van der Waals surface area (Å²) in [4.78, 5) is 50.7. The fourth-order valence-electron chi connectivity index (χ4n) is 4.51. The van der Waals surface area contributed by atoms with E-state index in [2.05, 4.69) is 10.6 Å². The predicted molar refractivity (Wildman–Crippen MR) is 142 cm³/mol. The summed E-state index contributed by atoms with van der Waals surface area (Å²) >= 11 is 0. The SMILES string of the molecule is Cc1oc2cc3oc(=O)c(CC(=O)N[C@H](C(=O)N[C@@H](C(=O)O)c4ccccc4)C(C)C)c(C)c3cc2c1C. The summed E-state index contributed by atoms with van der Waals surface area (Å²) in [6.45, 7) is 9.02. The van der Waals surface area contributed by atoms with Crippen LogP contribution in [0.25, 0.3) is 21.9 Å². The quantitative estimate of drug-likeness (QED) is 0.299. The molecular formula is C29H30N2O7. The number of aliphatic carboxylic acids is 1. The maximum Gasteiger partial charge on any atom is 0.340 e. The molecule has 0 saturated carbocycles. The maximum absolute atomic E-state index is 13.0. The first-order valence-corrected chi connectivity index (χ1v) is 12.3. The lowest BCUT2D eigenvalue weighted by Gasteiger charge is -2.24. The van der Waals surface area contributed by atoms with Crippen molar-refractivity contribution in [1.29, 1.82) is 0 Å². The molecular weight excluding hydrogens is 488 g/mol.